The van der Waals surface area contributed by atoms with E-state index in [1.807, 2.05) is 24.3 Å². The fourth-order valence-electron chi connectivity index (χ4n) is 1.54. The van der Waals surface area contributed by atoms with E-state index in [2.05, 4.69) is 0 Å². The lowest BCUT2D eigenvalue weighted by atomic mass is 10.2. The maximum Gasteiger partial charge on any atom is 0.337 e. The van der Waals surface area contributed by atoms with Crippen LogP contribution in [-0.2, 0) is 5.75 Å². The van der Waals surface area contributed by atoms with E-state index in [1.54, 1.807) is 23.9 Å². The second-order valence-electron chi connectivity index (χ2n) is 3.83. The summed E-state index contributed by atoms with van der Waals surface area (Å²) in [4.78, 5) is 11.8. The Labute approximate surface area is 125 Å². The molecular formula is C14H10Cl2O2S. The van der Waals surface area contributed by atoms with Gasteiger partial charge in [0.25, 0.3) is 0 Å². The lowest BCUT2D eigenvalue weighted by Crippen LogP contribution is -1.96. The largest absolute Gasteiger partial charge is 0.478 e. The number of carboxylic acids is 1. The van der Waals surface area contributed by atoms with Gasteiger partial charge in [0, 0.05) is 15.7 Å². The van der Waals surface area contributed by atoms with E-state index in [0.29, 0.717) is 5.75 Å². The Hall–Kier alpha value is -1.16. The maximum absolute atomic E-state index is 10.8. The number of halogens is 2. The van der Waals surface area contributed by atoms with Crippen LogP contribution in [0, 0.1) is 0 Å². The number of aromatic carboxylic acids is 1. The number of rotatable bonds is 4. The van der Waals surface area contributed by atoms with Gasteiger partial charge in [0.2, 0.25) is 0 Å². The van der Waals surface area contributed by atoms with Crippen LogP contribution in [0.3, 0.4) is 0 Å². The first-order valence-corrected chi connectivity index (χ1v) is 7.21. The lowest BCUT2D eigenvalue weighted by Gasteiger charge is -2.06. The van der Waals surface area contributed by atoms with Gasteiger partial charge in [-0.2, -0.15) is 0 Å². The SMILES string of the molecule is O=C(O)c1ccc(SCc2ccccc2Cl)cc1Cl. The summed E-state index contributed by atoms with van der Waals surface area (Å²) in [6.07, 6.45) is 0. The lowest BCUT2D eigenvalue weighted by molar-refractivity contribution is 0.0697. The summed E-state index contributed by atoms with van der Waals surface area (Å²) >= 11 is 13.5. The van der Waals surface area contributed by atoms with E-state index < -0.39 is 5.97 Å². The molecule has 0 aliphatic carbocycles. The van der Waals surface area contributed by atoms with Crippen LogP contribution in [0.4, 0.5) is 0 Å². The highest BCUT2D eigenvalue weighted by molar-refractivity contribution is 7.98. The van der Waals surface area contributed by atoms with Gasteiger partial charge in [-0.1, -0.05) is 41.4 Å². The topological polar surface area (TPSA) is 37.3 Å². The van der Waals surface area contributed by atoms with Gasteiger partial charge in [0.05, 0.1) is 10.6 Å². The Morgan fingerprint density at radius 3 is 2.47 bits per heavy atom. The van der Waals surface area contributed by atoms with E-state index >= 15 is 0 Å². The molecule has 0 saturated carbocycles. The summed E-state index contributed by atoms with van der Waals surface area (Å²) in [5.41, 5.74) is 1.15. The van der Waals surface area contributed by atoms with Gasteiger partial charge in [-0.05, 0) is 29.8 Å². The Morgan fingerprint density at radius 1 is 1.11 bits per heavy atom. The van der Waals surface area contributed by atoms with Crippen LogP contribution in [0.2, 0.25) is 10.0 Å². The normalized spacial score (nSPS) is 10.4. The van der Waals surface area contributed by atoms with Crippen molar-refractivity contribution >= 4 is 40.9 Å². The standard InChI is InChI=1S/C14H10Cl2O2S/c15-12-4-2-1-3-9(12)8-19-10-5-6-11(14(17)18)13(16)7-10/h1-7H,8H2,(H,17,18). The second-order valence-corrected chi connectivity index (χ2v) is 5.69. The number of hydrogen-bond acceptors (Lipinski definition) is 2. The van der Waals surface area contributed by atoms with Crippen LogP contribution in [0.5, 0.6) is 0 Å². The maximum atomic E-state index is 10.8. The van der Waals surface area contributed by atoms with Crippen molar-refractivity contribution in [2.45, 2.75) is 10.6 Å². The van der Waals surface area contributed by atoms with Gasteiger partial charge < -0.3 is 5.11 Å². The minimum atomic E-state index is -1.02. The third kappa shape index (κ3) is 3.66. The molecule has 5 heteroatoms. The molecule has 0 saturated heterocycles. The van der Waals surface area contributed by atoms with Gasteiger partial charge in [-0.3, -0.25) is 0 Å². The summed E-state index contributed by atoms with van der Waals surface area (Å²) in [7, 11) is 0. The molecule has 98 valence electrons. The quantitative estimate of drug-likeness (QED) is 0.809. The Morgan fingerprint density at radius 2 is 1.84 bits per heavy atom. The molecule has 0 spiro atoms. The molecular weight excluding hydrogens is 303 g/mol. The van der Waals surface area contributed by atoms with Crippen LogP contribution < -0.4 is 0 Å². The van der Waals surface area contributed by atoms with Crippen molar-refractivity contribution in [1.82, 2.24) is 0 Å². The molecule has 0 aromatic heterocycles. The number of hydrogen-bond donors (Lipinski definition) is 1. The average Bonchev–Trinajstić information content (AvgIpc) is 2.37. The molecule has 0 heterocycles. The molecule has 0 aliphatic rings. The summed E-state index contributed by atoms with van der Waals surface area (Å²) in [6.45, 7) is 0. The van der Waals surface area contributed by atoms with Crippen LogP contribution in [0.1, 0.15) is 15.9 Å². The molecule has 0 atom stereocenters. The third-order valence-electron chi connectivity index (χ3n) is 2.52. The van der Waals surface area contributed by atoms with Crippen molar-refractivity contribution in [3.63, 3.8) is 0 Å². The van der Waals surface area contributed by atoms with E-state index in [-0.39, 0.29) is 10.6 Å². The van der Waals surface area contributed by atoms with Crippen molar-refractivity contribution in [2.24, 2.45) is 0 Å². The minimum Gasteiger partial charge on any atom is -0.478 e. The first-order chi connectivity index (χ1) is 9.08. The number of thioether (sulfide) groups is 1. The molecule has 0 radical (unpaired) electrons. The van der Waals surface area contributed by atoms with Crippen molar-refractivity contribution in [1.29, 1.82) is 0 Å². The van der Waals surface area contributed by atoms with E-state index in [4.69, 9.17) is 28.3 Å². The molecule has 2 aromatic rings. The van der Waals surface area contributed by atoms with E-state index in [9.17, 15) is 4.79 Å². The fraction of sp³-hybridized carbons (Fsp3) is 0.0714. The fourth-order valence-corrected chi connectivity index (χ4v) is 3.08. The molecule has 0 amide bonds. The van der Waals surface area contributed by atoms with Gasteiger partial charge in [-0.15, -0.1) is 11.8 Å². The molecule has 0 unspecified atom stereocenters. The smallest absolute Gasteiger partial charge is 0.337 e. The van der Waals surface area contributed by atoms with Gasteiger partial charge in [0.15, 0.2) is 0 Å². The predicted octanol–water partition coefficient (Wildman–Crippen LogP) is 4.98. The number of carboxylic acid groups (broad SMARTS) is 1. The molecule has 0 fully saturated rings. The molecule has 2 aromatic carbocycles. The molecule has 19 heavy (non-hydrogen) atoms. The zero-order valence-electron chi connectivity index (χ0n) is 9.77. The highest BCUT2D eigenvalue weighted by Crippen LogP contribution is 2.29. The van der Waals surface area contributed by atoms with Crippen molar-refractivity contribution in [2.75, 3.05) is 0 Å². The van der Waals surface area contributed by atoms with Gasteiger partial charge in [0.1, 0.15) is 0 Å². The van der Waals surface area contributed by atoms with Crippen LogP contribution >= 0.6 is 35.0 Å². The first-order valence-electron chi connectivity index (χ1n) is 5.47. The average molecular weight is 313 g/mol. The molecule has 2 rings (SSSR count). The monoisotopic (exact) mass is 312 g/mol. The van der Waals surface area contributed by atoms with Gasteiger partial charge >= 0.3 is 5.97 Å². The summed E-state index contributed by atoms with van der Waals surface area (Å²) in [6, 6.07) is 12.5. The van der Waals surface area contributed by atoms with Crippen molar-refractivity contribution in [3.05, 3.63) is 63.6 Å². The Kier molecular flexibility index (Phi) is 4.75. The number of carbonyl (C=O) groups is 1. The van der Waals surface area contributed by atoms with Crippen LogP contribution in [0.25, 0.3) is 0 Å². The number of benzene rings is 2. The Balaban J connectivity index is 2.11. The second kappa shape index (κ2) is 6.33. The van der Waals surface area contributed by atoms with Crippen LogP contribution in [0.15, 0.2) is 47.4 Å². The van der Waals surface area contributed by atoms with Crippen molar-refractivity contribution < 1.29 is 9.90 Å². The molecule has 1 N–H and O–H groups in total. The van der Waals surface area contributed by atoms with Gasteiger partial charge in [-0.25, -0.2) is 4.79 Å². The first kappa shape index (κ1) is 14.3. The predicted molar refractivity (Wildman–Crippen MR) is 79.4 cm³/mol. The summed E-state index contributed by atoms with van der Waals surface area (Å²) in [5, 5.41) is 9.86. The summed E-state index contributed by atoms with van der Waals surface area (Å²) < 4.78 is 0. The molecule has 0 aliphatic heterocycles. The summed E-state index contributed by atoms with van der Waals surface area (Å²) in [5.74, 6) is -0.310. The molecule has 0 bridgehead atoms. The van der Waals surface area contributed by atoms with E-state index in [0.717, 1.165) is 15.5 Å². The minimum absolute atomic E-state index is 0.115. The highest BCUT2D eigenvalue weighted by atomic mass is 35.5. The molecule has 2 nitrogen and oxygen atoms in total. The Bertz CT molecular complexity index is 614. The zero-order chi connectivity index (χ0) is 13.8. The zero-order valence-corrected chi connectivity index (χ0v) is 12.1. The highest BCUT2D eigenvalue weighted by Gasteiger charge is 2.09. The van der Waals surface area contributed by atoms with Crippen molar-refractivity contribution in [3.8, 4) is 0 Å². The third-order valence-corrected chi connectivity index (χ3v) is 4.25. The van der Waals surface area contributed by atoms with E-state index in [1.165, 1.54) is 6.07 Å². The van der Waals surface area contributed by atoms with Crippen LogP contribution in [-0.4, -0.2) is 11.1 Å².